The quantitative estimate of drug-likeness (QED) is 0.428. The fourth-order valence-electron chi connectivity index (χ4n) is 0.646. The fourth-order valence-corrected chi connectivity index (χ4v) is 0.646. The minimum atomic E-state index is 0.669. The predicted molar refractivity (Wildman–Crippen MR) is 51.8 cm³/mol. The van der Waals surface area contributed by atoms with Crippen molar-refractivity contribution in [2.45, 2.75) is 6.92 Å². The van der Waals surface area contributed by atoms with Crippen LogP contribution < -0.4 is 0 Å². The Balaban J connectivity index is 4.59. The summed E-state index contributed by atoms with van der Waals surface area (Å²) in [6, 6.07) is 0. The van der Waals surface area contributed by atoms with E-state index < -0.39 is 0 Å². The van der Waals surface area contributed by atoms with Crippen LogP contribution in [0.2, 0.25) is 0 Å². The zero-order valence-electron chi connectivity index (χ0n) is 6.88. The summed E-state index contributed by atoms with van der Waals surface area (Å²) in [6.07, 6.45) is 7.38. The lowest BCUT2D eigenvalue weighted by molar-refractivity contribution is 1.38. The smallest absolute Gasteiger partial charge is 0.0622 e. The van der Waals surface area contributed by atoms with Crippen LogP contribution >= 0.6 is 0 Å². The molecule has 0 bridgehead atoms. The van der Waals surface area contributed by atoms with Crippen LogP contribution in [0.25, 0.3) is 0 Å². The molecule has 0 aliphatic rings. The maximum atomic E-state index is 3.71. The molecular formula is C10H13N. The van der Waals surface area contributed by atoms with Gasteiger partial charge in [-0.3, -0.25) is 4.99 Å². The third-order valence-electron chi connectivity index (χ3n) is 1.17. The molecule has 58 valence electrons. The summed E-state index contributed by atoms with van der Waals surface area (Å²) in [4.78, 5) is 3.71. The van der Waals surface area contributed by atoms with Crippen molar-refractivity contribution in [2.75, 3.05) is 0 Å². The van der Waals surface area contributed by atoms with Gasteiger partial charge in [-0.15, -0.1) is 0 Å². The lowest BCUT2D eigenvalue weighted by Gasteiger charge is -1.97. The molecule has 0 N–H and O–H groups in total. The van der Waals surface area contributed by atoms with Crippen molar-refractivity contribution in [1.82, 2.24) is 0 Å². The second kappa shape index (κ2) is 5.42. The first kappa shape index (κ1) is 9.63. The van der Waals surface area contributed by atoms with Gasteiger partial charge in [-0.05, 0) is 19.2 Å². The molecule has 0 aromatic heterocycles. The normalized spacial score (nSPS) is 11.5. The predicted octanol–water partition coefficient (Wildman–Crippen LogP) is 2.89. The molecule has 0 saturated heterocycles. The number of hydrogen-bond donors (Lipinski definition) is 0. The number of aliphatic imine (C=N–C) groups is 1. The third-order valence-corrected chi connectivity index (χ3v) is 1.17. The second-order valence-corrected chi connectivity index (χ2v) is 1.96. The molecular weight excluding hydrogens is 134 g/mol. The van der Waals surface area contributed by atoms with Gasteiger partial charge in [0.25, 0.3) is 0 Å². The average Bonchev–Trinajstić information content (AvgIpc) is 2.03. The lowest BCUT2D eigenvalue weighted by Crippen LogP contribution is -1.78. The van der Waals surface area contributed by atoms with Crippen molar-refractivity contribution in [3.8, 4) is 0 Å². The van der Waals surface area contributed by atoms with E-state index >= 15 is 0 Å². The van der Waals surface area contributed by atoms with Crippen LogP contribution in [0, 0.1) is 0 Å². The van der Waals surface area contributed by atoms with Crippen molar-refractivity contribution in [2.24, 2.45) is 4.99 Å². The van der Waals surface area contributed by atoms with Gasteiger partial charge in [0, 0.05) is 0 Å². The Morgan fingerprint density at radius 1 is 1.45 bits per heavy atom. The van der Waals surface area contributed by atoms with E-state index in [1.807, 2.05) is 25.2 Å². The summed E-state index contributed by atoms with van der Waals surface area (Å²) in [5.41, 5.74) is 1.61. The monoisotopic (exact) mass is 147 g/mol. The van der Waals surface area contributed by atoms with Crippen molar-refractivity contribution < 1.29 is 0 Å². The van der Waals surface area contributed by atoms with E-state index in [-0.39, 0.29) is 0 Å². The SMILES string of the molecule is C=C/C=C(\C=C/C)C(=C)N=C. The standard InChI is InChI=1S/C10H13N/c1-5-7-10(8-6-2)9(3)11-4/h5-8H,1,3-4H2,2H3/b8-6-,10-7+. The fraction of sp³-hybridized carbons (Fsp3) is 0.100. The third kappa shape index (κ3) is 3.36. The van der Waals surface area contributed by atoms with Crippen LogP contribution in [0.1, 0.15) is 6.92 Å². The Morgan fingerprint density at radius 2 is 2.09 bits per heavy atom. The van der Waals surface area contributed by atoms with Crippen LogP contribution in [0.5, 0.6) is 0 Å². The molecule has 0 heterocycles. The first-order valence-electron chi connectivity index (χ1n) is 3.37. The van der Waals surface area contributed by atoms with E-state index in [9.17, 15) is 0 Å². The van der Waals surface area contributed by atoms with E-state index in [1.165, 1.54) is 0 Å². The molecule has 0 saturated carbocycles. The molecule has 11 heavy (non-hydrogen) atoms. The van der Waals surface area contributed by atoms with Crippen molar-refractivity contribution >= 4 is 6.72 Å². The summed E-state index contributed by atoms with van der Waals surface area (Å²) < 4.78 is 0. The van der Waals surface area contributed by atoms with Crippen LogP contribution in [-0.4, -0.2) is 6.72 Å². The maximum Gasteiger partial charge on any atom is 0.0622 e. The molecule has 0 amide bonds. The highest BCUT2D eigenvalue weighted by molar-refractivity contribution is 5.43. The summed E-state index contributed by atoms with van der Waals surface area (Å²) in [5, 5.41) is 0. The molecule has 0 rings (SSSR count). The molecule has 0 spiro atoms. The lowest BCUT2D eigenvalue weighted by atomic mass is 10.2. The van der Waals surface area contributed by atoms with Gasteiger partial charge >= 0.3 is 0 Å². The van der Waals surface area contributed by atoms with Gasteiger partial charge in [-0.2, -0.15) is 0 Å². The van der Waals surface area contributed by atoms with Gasteiger partial charge in [-0.1, -0.05) is 37.5 Å². The number of hydrogen-bond acceptors (Lipinski definition) is 1. The molecule has 0 aliphatic heterocycles. The average molecular weight is 147 g/mol. The Kier molecular flexibility index (Phi) is 4.74. The van der Waals surface area contributed by atoms with Crippen molar-refractivity contribution in [1.29, 1.82) is 0 Å². The largest absolute Gasteiger partial charge is 0.265 e. The Morgan fingerprint density at radius 3 is 2.45 bits per heavy atom. The molecule has 0 aromatic carbocycles. The number of nitrogens with zero attached hydrogens (tertiary/aromatic N) is 1. The maximum absolute atomic E-state index is 3.71. The van der Waals surface area contributed by atoms with E-state index in [2.05, 4.69) is 24.9 Å². The van der Waals surface area contributed by atoms with Crippen LogP contribution in [0.15, 0.2) is 53.7 Å². The summed E-state index contributed by atoms with van der Waals surface area (Å²) in [7, 11) is 0. The number of allylic oxidation sites excluding steroid dienone is 4. The molecule has 1 nitrogen and oxygen atoms in total. The highest BCUT2D eigenvalue weighted by Gasteiger charge is 1.91. The second-order valence-electron chi connectivity index (χ2n) is 1.96. The van der Waals surface area contributed by atoms with Gasteiger partial charge in [0.2, 0.25) is 0 Å². The van der Waals surface area contributed by atoms with E-state index in [4.69, 9.17) is 0 Å². The molecule has 0 unspecified atom stereocenters. The van der Waals surface area contributed by atoms with Crippen molar-refractivity contribution in [3.05, 3.63) is 48.7 Å². The van der Waals surface area contributed by atoms with Crippen LogP contribution in [0.3, 0.4) is 0 Å². The zero-order chi connectivity index (χ0) is 8.69. The van der Waals surface area contributed by atoms with Crippen LogP contribution in [-0.2, 0) is 0 Å². The van der Waals surface area contributed by atoms with E-state index in [1.54, 1.807) is 6.08 Å². The van der Waals surface area contributed by atoms with Gasteiger partial charge < -0.3 is 0 Å². The molecule has 0 aromatic rings. The molecule has 0 atom stereocenters. The summed E-state index contributed by atoms with van der Waals surface area (Å²) in [5.74, 6) is 0. The van der Waals surface area contributed by atoms with E-state index in [0.717, 1.165) is 5.57 Å². The minimum Gasteiger partial charge on any atom is -0.265 e. The number of rotatable bonds is 4. The first-order chi connectivity index (χ1) is 5.26. The zero-order valence-corrected chi connectivity index (χ0v) is 6.88. The van der Waals surface area contributed by atoms with Gasteiger partial charge in [0.05, 0.1) is 5.70 Å². The van der Waals surface area contributed by atoms with Gasteiger partial charge in [0.15, 0.2) is 0 Å². The molecule has 0 aliphatic carbocycles. The Hall–Kier alpha value is -1.37. The summed E-state index contributed by atoms with van der Waals surface area (Å²) >= 11 is 0. The first-order valence-corrected chi connectivity index (χ1v) is 3.37. The molecule has 0 fully saturated rings. The van der Waals surface area contributed by atoms with Gasteiger partial charge in [-0.25, -0.2) is 0 Å². The molecule has 1 heteroatoms. The van der Waals surface area contributed by atoms with Crippen LogP contribution in [0.4, 0.5) is 0 Å². The highest BCUT2D eigenvalue weighted by Crippen LogP contribution is 2.09. The molecule has 0 radical (unpaired) electrons. The summed E-state index contributed by atoms with van der Waals surface area (Å²) in [6.45, 7) is 12.6. The van der Waals surface area contributed by atoms with Gasteiger partial charge in [0.1, 0.15) is 0 Å². The minimum absolute atomic E-state index is 0.669. The Bertz CT molecular complexity index is 219. The Labute approximate surface area is 68.2 Å². The topological polar surface area (TPSA) is 12.4 Å². The van der Waals surface area contributed by atoms with E-state index in [0.29, 0.717) is 5.70 Å². The highest BCUT2D eigenvalue weighted by atomic mass is 14.7. The van der Waals surface area contributed by atoms with Crippen molar-refractivity contribution in [3.63, 3.8) is 0 Å².